The summed E-state index contributed by atoms with van der Waals surface area (Å²) in [5, 5.41) is 20.5. The standard InChI is InChI=1S/C25H31ClN2O6/c1-5-11-27(20-14(4)7-6-8-15(20)26)23(31)21-25-10-9-17(34-25)18(24(32)33)19(25)22(30)28(21)16(12-29)13(2)3/h5-8,13,16-19,21,29H,1,9-12H2,2-4H3,(H,32,33)/t16-,17-,18+,19+,21-,25+/m0/s1. The number of halogens is 1. The van der Waals surface area contributed by atoms with Crippen LogP contribution in [0.3, 0.4) is 0 Å². The molecule has 3 aliphatic heterocycles. The summed E-state index contributed by atoms with van der Waals surface area (Å²) in [4.78, 5) is 43.2. The van der Waals surface area contributed by atoms with E-state index in [1.54, 1.807) is 18.2 Å². The van der Waals surface area contributed by atoms with Crippen LogP contribution in [-0.4, -0.2) is 69.8 Å². The topological polar surface area (TPSA) is 107 Å². The maximum absolute atomic E-state index is 14.4. The van der Waals surface area contributed by atoms with E-state index in [1.807, 2.05) is 26.8 Å². The van der Waals surface area contributed by atoms with Crippen molar-refractivity contribution in [2.45, 2.75) is 57.4 Å². The number of ether oxygens (including phenoxy) is 1. The van der Waals surface area contributed by atoms with Crippen molar-refractivity contribution >= 4 is 35.1 Å². The molecule has 3 heterocycles. The van der Waals surface area contributed by atoms with Crippen LogP contribution >= 0.6 is 11.6 Å². The Hall–Kier alpha value is -2.42. The van der Waals surface area contributed by atoms with Crippen molar-refractivity contribution in [1.82, 2.24) is 4.90 Å². The lowest BCUT2D eigenvalue weighted by atomic mass is 9.70. The van der Waals surface area contributed by atoms with Gasteiger partial charge in [0.2, 0.25) is 5.91 Å². The highest BCUT2D eigenvalue weighted by atomic mass is 35.5. The number of aliphatic hydroxyl groups excluding tert-OH is 1. The van der Waals surface area contributed by atoms with Gasteiger partial charge in [-0.1, -0.05) is 43.7 Å². The highest BCUT2D eigenvalue weighted by Crippen LogP contribution is 2.59. The molecule has 0 saturated carbocycles. The molecule has 8 nitrogen and oxygen atoms in total. The third-order valence-electron chi connectivity index (χ3n) is 7.61. The number of hydrogen-bond acceptors (Lipinski definition) is 5. The zero-order valence-electron chi connectivity index (χ0n) is 19.6. The van der Waals surface area contributed by atoms with Gasteiger partial charge in [0.05, 0.1) is 41.3 Å². The van der Waals surface area contributed by atoms with Crippen molar-refractivity contribution in [2.24, 2.45) is 17.8 Å². The average Bonchev–Trinajstić information content (AvgIpc) is 3.41. The molecule has 3 aliphatic rings. The largest absolute Gasteiger partial charge is 0.481 e. The number of amides is 2. The summed E-state index contributed by atoms with van der Waals surface area (Å²) in [6.45, 7) is 9.12. The molecule has 0 unspecified atom stereocenters. The molecule has 4 rings (SSSR count). The number of aliphatic hydroxyl groups is 1. The molecule has 6 atom stereocenters. The van der Waals surface area contributed by atoms with E-state index in [2.05, 4.69) is 6.58 Å². The van der Waals surface area contributed by atoms with Crippen LogP contribution in [-0.2, 0) is 19.1 Å². The number of carbonyl (C=O) groups excluding carboxylic acids is 2. The van der Waals surface area contributed by atoms with Gasteiger partial charge in [0.25, 0.3) is 5.91 Å². The molecule has 2 bridgehead atoms. The molecule has 2 N–H and O–H groups in total. The van der Waals surface area contributed by atoms with Gasteiger partial charge in [-0.25, -0.2) is 0 Å². The summed E-state index contributed by atoms with van der Waals surface area (Å²) in [7, 11) is 0. The molecule has 34 heavy (non-hydrogen) atoms. The SMILES string of the molecule is C=CCN(C(=O)[C@@H]1N([C@@H](CO)C(C)C)C(=O)[C@H]2[C@H](C(=O)O)[C@@H]3CC[C@]12O3)c1c(C)cccc1Cl. The predicted molar refractivity (Wildman–Crippen MR) is 127 cm³/mol. The number of anilines is 1. The fourth-order valence-electron chi connectivity index (χ4n) is 6.16. The summed E-state index contributed by atoms with van der Waals surface area (Å²) < 4.78 is 6.26. The lowest BCUT2D eigenvalue weighted by molar-refractivity contribution is -0.151. The van der Waals surface area contributed by atoms with Crippen molar-refractivity contribution < 1.29 is 29.3 Å². The number of para-hydroxylation sites is 1. The van der Waals surface area contributed by atoms with Gasteiger partial charge in [-0.05, 0) is 37.3 Å². The van der Waals surface area contributed by atoms with E-state index < -0.39 is 53.4 Å². The first kappa shape index (κ1) is 24.7. The van der Waals surface area contributed by atoms with Crippen molar-refractivity contribution in [3.63, 3.8) is 0 Å². The first-order valence-electron chi connectivity index (χ1n) is 11.6. The van der Waals surface area contributed by atoms with E-state index in [1.165, 1.54) is 9.80 Å². The molecule has 1 spiro atoms. The Morgan fingerprint density at radius 1 is 1.41 bits per heavy atom. The number of hydrogen-bond donors (Lipinski definition) is 2. The monoisotopic (exact) mass is 490 g/mol. The van der Waals surface area contributed by atoms with Crippen LogP contribution < -0.4 is 4.90 Å². The zero-order chi connectivity index (χ0) is 24.9. The lowest BCUT2D eigenvalue weighted by Gasteiger charge is -2.40. The number of aryl methyl sites for hydroxylation is 1. The van der Waals surface area contributed by atoms with E-state index in [0.717, 1.165) is 5.56 Å². The van der Waals surface area contributed by atoms with Crippen LogP contribution in [0.25, 0.3) is 0 Å². The quantitative estimate of drug-likeness (QED) is 0.542. The van der Waals surface area contributed by atoms with Crippen molar-refractivity contribution in [1.29, 1.82) is 0 Å². The Balaban J connectivity index is 1.88. The van der Waals surface area contributed by atoms with Crippen molar-refractivity contribution in [3.05, 3.63) is 41.4 Å². The van der Waals surface area contributed by atoms with E-state index in [4.69, 9.17) is 16.3 Å². The number of carboxylic acid groups (broad SMARTS) is 1. The Kier molecular flexibility index (Phi) is 6.52. The third-order valence-corrected chi connectivity index (χ3v) is 7.91. The van der Waals surface area contributed by atoms with Crippen LogP contribution in [0.15, 0.2) is 30.9 Å². The Labute approximate surface area is 204 Å². The fourth-order valence-corrected chi connectivity index (χ4v) is 6.49. The number of fused-ring (bicyclic) bond motifs is 1. The summed E-state index contributed by atoms with van der Waals surface area (Å²) in [6.07, 6.45) is 1.81. The summed E-state index contributed by atoms with van der Waals surface area (Å²) in [5.74, 6) is -4.15. The maximum atomic E-state index is 14.4. The number of carbonyl (C=O) groups is 3. The van der Waals surface area contributed by atoms with Gasteiger partial charge >= 0.3 is 5.97 Å². The predicted octanol–water partition coefficient (Wildman–Crippen LogP) is 2.64. The minimum absolute atomic E-state index is 0.139. The second kappa shape index (κ2) is 8.98. The molecule has 1 aromatic rings. The normalized spacial score (nSPS) is 30.5. The van der Waals surface area contributed by atoms with Gasteiger partial charge < -0.3 is 24.7 Å². The Morgan fingerprint density at radius 2 is 2.12 bits per heavy atom. The Bertz CT molecular complexity index is 1010. The molecule has 0 aromatic heterocycles. The highest BCUT2D eigenvalue weighted by molar-refractivity contribution is 6.34. The van der Waals surface area contributed by atoms with Gasteiger partial charge in [-0.2, -0.15) is 0 Å². The second-order valence-corrected chi connectivity index (χ2v) is 10.2. The number of nitrogens with zero attached hydrogens (tertiary/aromatic N) is 2. The van der Waals surface area contributed by atoms with E-state index in [-0.39, 0.29) is 19.1 Å². The average molecular weight is 491 g/mol. The highest BCUT2D eigenvalue weighted by Gasteiger charge is 2.75. The Morgan fingerprint density at radius 3 is 2.68 bits per heavy atom. The second-order valence-electron chi connectivity index (χ2n) is 9.78. The number of aliphatic carboxylic acids is 1. The van der Waals surface area contributed by atoms with Crippen LogP contribution in [0, 0.1) is 24.7 Å². The summed E-state index contributed by atoms with van der Waals surface area (Å²) in [6, 6.07) is 3.56. The number of benzene rings is 1. The third kappa shape index (κ3) is 3.46. The summed E-state index contributed by atoms with van der Waals surface area (Å²) >= 11 is 6.51. The smallest absolute Gasteiger partial charge is 0.310 e. The molecule has 2 amide bonds. The summed E-state index contributed by atoms with van der Waals surface area (Å²) in [5.41, 5.74) is 0.0164. The number of rotatable bonds is 8. The molecular formula is C25H31ClN2O6. The van der Waals surface area contributed by atoms with Gasteiger partial charge in [0.15, 0.2) is 0 Å². The molecular weight excluding hydrogens is 460 g/mol. The maximum Gasteiger partial charge on any atom is 0.310 e. The molecule has 9 heteroatoms. The number of likely N-dealkylation sites (tertiary alicyclic amines) is 1. The van der Waals surface area contributed by atoms with Gasteiger partial charge in [0, 0.05) is 6.54 Å². The molecule has 0 radical (unpaired) electrons. The first-order chi connectivity index (χ1) is 16.1. The number of carboxylic acids is 1. The van der Waals surface area contributed by atoms with Crippen LogP contribution in [0.4, 0.5) is 5.69 Å². The first-order valence-corrected chi connectivity index (χ1v) is 12.0. The molecule has 3 fully saturated rings. The van der Waals surface area contributed by atoms with E-state index in [9.17, 15) is 24.6 Å². The van der Waals surface area contributed by atoms with Gasteiger partial charge in [-0.15, -0.1) is 6.58 Å². The van der Waals surface area contributed by atoms with Gasteiger partial charge in [0.1, 0.15) is 11.6 Å². The van der Waals surface area contributed by atoms with Crippen LogP contribution in [0.1, 0.15) is 32.3 Å². The molecule has 0 aliphatic carbocycles. The lowest BCUT2D eigenvalue weighted by Crippen LogP contribution is -2.60. The minimum Gasteiger partial charge on any atom is -0.481 e. The van der Waals surface area contributed by atoms with E-state index in [0.29, 0.717) is 23.6 Å². The fraction of sp³-hybridized carbons (Fsp3) is 0.560. The van der Waals surface area contributed by atoms with Crippen LogP contribution in [0.2, 0.25) is 5.02 Å². The zero-order valence-corrected chi connectivity index (χ0v) is 20.4. The van der Waals surface area contributed by atoms with Gasteiger partial charge in [-0.3, -0.25) is 14.4 Å². The minimum atomic E-state index is -1.27. The van der Waals surface area contributed by atoms with Crippen molar-refractivity contribution in [2.75, 3.05) is 18.1 Å². The van der Waals surface area contributed by atoms with Crippen molar-refractivity contribution in [3.8, 4) is 0 Å². The van der Waals surface area contributed by atoms with E-state index >= 15 is 0 Å². The molecule has 3 saturated heterocycles. The molecule has 184 valence electrons. The van der Waals surface area contributed by atoms with Crippen LogP contribution in [0.5, 0.6) is 0 Å². The molecule has 1 aromatic carbocycles.